The molecular weight excluding hydrogens is 256 g/mol. The molecule has 18 heavy (non-hydrogen) atoms. The Morgan fingerprint density at radius 3 is 2.50 bits per heavy atom. The Labute approximate surface area is 112 Å². The van der Waals surface area contributed by atoms with Crippen molar-refractivity contribution in [2.45, 2.75) is 45.1 Å². The van der Waals surface area contributed by atoms with Crippen LogP contribution in [0.25, 0.3) is 0 Å². The van der Waals surface area contributed by atoms with Crippen molar-refractivity contribution < 1.29 is 8.78 Å². The van der Waals surface area contributed by atoms with Gasteiger partial charge in [0, 0.05) is 12.1 Å². The zero-order chi connectivity index (χ0) is 13.1. The van der Waals surface area contributed by atoms with Crippen LogP contribution < -0.4 is 5.32 Å². The lowest BCUT2D eigenvalue weighted by molar-refractivity contribution is 0.328. The van der Waals surface area contributed by atoms with Crippen LogP contribution in [0.15, 0.2) is 12.1 Å². The van der Waals surface area contributed by atoms with Crippen LogP contribution in [0.5, 0.6) is 0 Å². The van der Waals surface area contributed by atoms with Crippen molar-refractivity contribution in [2.75, 3.05) is 5.32 Å². The molecule has 4 heteroatoms. The van der Waals surface area contributed by atoms with Gasteiger partial charge in [-0.05, 0) is 31.7 Å². The fourth-order valence-electron chi connectivity index (χ4n) is 2.66. The zero-order valence-electron chi connectivity index (χ0n) is 10.5. The minimum Gasteiger partial charge on any atom is -0.379 e. The summed E-state index contributed by atoms with van der Waals surface area (Å²) in [6.07, 6.45) is 6.07. The Morgan fingerprint density at radius 2 is 1.89 bits per heavy atom. The molecule has 1 atom stereocenters. The number of anilines is 1. The molecule has 1 fully saturated rings. The molecule has 1 aliphatic rings. The number of rotatable bonds is 3. The lowest BCUT2D eigenvalue weighted by Gasteiger charge is -2.29. The molecule has 0 aliphatic heterocycles. The molecule has 1 unspecified atom stereocenters. The Morgan fingerprint density at radius 1 is 1.22 bits per heavy atom. The van der Waals surface area contributed by atoms with Crippen LogP contribution in [-0.2, 0) is 0 Å². The monoisotopic (exact) mass is 273 g/mol. The van der Waals surface area contributed by atoms with Crippen molar-refractivity contribution in [3.05, 3.63) is 28.8 Å². The summed E-state index contributed by atoms with van der Waals surface area (Å²) in [6.45, 7) is 2.04. The Hall–Kier alpha value is -0.830. The summed E-state index contributed by atoms with van der Waals surface area (Å²) in [6, 6.07) is 2.16. The van der Waals surface area contributed by atoms with Crippen LogP contribution in [-0.4, -0.2) is 6.04 Å². The number of hydrogen-bond acceptors (Lipinski definition) is 1. The van der Waals surface area contributed by atoms with Crippen LogP contribution >= 0.6 is 11.6 Å². The summed E-state index contributed by atoms with van der Waals surface area (Å²) in [4.78, 5) is 0. The molecule has 0 radical (unpaired) electrons. The highest BCUT2D eigenvalue weighted by atomic mass is 35.5. The van der Waals surface area contributed by atoms with E-state index in [1.54, 1.807) is 0 Å². The smallest absolute Gasteiger partial charge is 0.150 e. The normalized spacial score (nSPS) is 18.7. The Bertz CT molecular complexity index is 393. The van der Waals surface area contributed by atoms with Crippen molar-refractivity contribution in [2.24, 2.45) is 5.92 Å². The Kier molecular flexibility index (Phi) is 4.44. The fraction of sp³-hybridized carbons (Fsp3) is 0.571. The maximum absolute atomic E-state index is 13.7. The third-order valence-corrected chi connectivity index (χ3v) is 4.03. The Balaban J connectivity index is 2.08. The molecule has 2 rings (SSSR count). The summed E-state index contributed by atoms with van der Waals surface area (Å²) >= 11 is 5.88. The van der Waals surface area contributed by atoms with E-state index in [9.17, 15) is 8.78 Å². The second-order valence-corrected chi connectivity index (χ2v) is 5.48. The number of benzene rings is 1. The number of nitrogens with one attached hydrogen (secondary N) is 1. The van der Waals surface area contributed by atoms with Crippen molar-refractivity contribution in [3.8, 4) is 0 Å². The number of hydrogen-bond donors (Lipinski definition) is 1. The second-order valence-electron chi connectivity index (χ2n) is 5.08. The third kappa shape index (κ3) is 3.14. The fourth-order valence-corrected chi connectivity index (χ4v) is 2.91. The minimum absolute atomic E-state index is 0.107. The second kappa shape index (κ2) is 5.87. The molecule has 100 valence electrons. The van der Waals surface area contributed by atoms with Crippen LogP contribution in [0, 0.1) is 17.6 Å². The molecule has 1 nitrogen and oxygen atoms in total. The van der Waals surface area contributed by atoms with E-state index in [2.05, 4.69) is 5.32 Å². The minimum atomic E-state index is -0.645. The molecular formula is C14H18ClF2N. The van der Waals surface area contributed by atoms with Gasteiger partial charge in [0.1, 0.15) is 5.82 Å². The molecule has 1 aromatic carbocycles. The molecule has 0 heterocycles. The van der Waals surface area contributed by atoms with E-state index in [-0.39, 0.29) is 16.8 Å². The molecule has 1 aromatic rings. The summed E-state index contributed by atoms with van der Waals surface area (Å²) in [5.41, 5.74) is 0.219. The van der Waals surface area contributed by atoms with Crippen molar-refractivity contribution in [3.63, 3.8) is 0 Å². The van der Waals surface area contributed by atoms with E-state index in [0.29, 0.717) is 5.92 Å². The van der Waals surface area contributed by atoms with Crippen molar-refractivity contribution in [1.29, 1.82) is 0 Å². The quantitative estimate of drug-likeness (QED) is 0.817. The van der Waals surface area contributed by atoms with E-state index < -0.39 is 11.6 Å². The summed E-state index contributed by atoms with van der Waals surface area (Å²) in [7, 11) is 0. The first-order chi connectivity index (χ1) is 8.58. The highest BCUT2D eigenvalue weighted by Gasteiger charge is 2.21. The van der Waals surface area contributed by atoms with Gasteiger partial charge in [-0.25, -0.2) is 8.78 Å². The van der Waals surface area contributed by atoms with Crippen molar-refractivity contribution in [1.82, 2.24) is 0 Å². The average molecular weight is 274 g/mol. The van der Waals surface area contributed by atoms with E-state index in [1.165, 1.54) is 19.3 Å². The third-order valence-electron chi connectivity index (χ3n) is 3.74. The van der Waals surface area contributed by atoms with Gasteiger partial charge in [-0.15, -0.1) is 0 Å². The van der Waals surface area contributed by atoms with E-state index in [0.717, 1.165) is 25.0 Å². The standard InChI is InChI=1S/C14H18ClF2N/c1-9(10-5-3-2-4-6-10)18-14-12(15)7-11(16)8-13(14)17/h7-10,18H,2-6H2,1H3. The molecule has 0 bridgehead atoms. The van der Waals surface area contributed by atoms with E-state index in [4.69, 9.17) is 11.6 Å². The van der Waals surface area contributed by atoms with Crippen LogP contribution in [0.2, 0.25) is 5.02 Å². The SMILES string of the molecule is CC(Nc1c(F)cc(F)cc1Cl)C1CCCCC1. The first-order valence-electron chi connectivity index (χ1n) is 6.49. The summed E-state index contributed by atoms with van der Waals surface area (Å²) in [5.74, 6) is -0.727. The van der Waals surface area contributed by atoms with Gasteiger partial charge in [-0.3, -0.25) is 0 Å². The molecule has 0 aromatic heterocycles. The van der Waals surface area contributed by atoms with Gasteiger partial charge in [-0.1, -0.05) is 30.9 Å². The van der Waals surface area contributed by atoms with Gasteiger partial charge in [0.15, 0.2) is 5.82 Å². The van der Waals surface area contributed by atoms with Crippen molar-refractivity contribution >= 4 is 17.3 Å². The predicted octanol–water partition coefficient (Wildman–Crippen LogP) is 5.00. The maximum atomic E-state index is 13.7. The molecule has 0 spiro atoms. The lowest BCUT2D eigenvalue weighted by Crippen LogP contribution is -2.28. The topological polar surface area (TPSA) is 12.0 Å². The molecule has 0 amide bonds. The summed E-state index contributed by atoms with van der Waals surface area (Å²) in [5, 5.41) is 3.21. The van der Waals surface area contributed by atoms with E-state index >= 15 is 0 Å². The maximum Gasteiger partial charge on any atom is 0.150 e. The highest BCUT2D eigenvalue weighted by molar-refractivity contribution is 6.33. The number of halogens is 3. The largest absolute Gasteiger partial charge is 0.379 e. The lowest BCUT2D eigenvalue weighted by atomic mass is 9.84. The predicted molar refractivity (Wildman–Crippen MR) is 71.0 cm³/mol. The first-order valence-corrected chi connectivity index (χ1v) is 6.87. The van der Waals surface area contributed by atoms with E-state index in [1.807, 2.05) is 6.92 Å². The highest BCUT2D eigenvalue weighted by Crippen LogP contribution is 2.31. The molecule has 1 N–H and O–H groups in total. The van der Waals surface area contributed by atoms with Gasteiger partial charge in [-0.2, -0.15) is 0 Å². The van der Waals surface area contributed by atoms with Gasteiger partial charge in [0.2, 0.25) is 0 Å². The van der Waals surface area contributed by atoms with Crippen LogP contribution in [0.4, 0.5) is 14.5 Å². The average Bonchev–Trinajstić information content (AvgIpc) is 2.34. The van der Waals surface area contributed by atoms with Gasteiger partial charge in [0.25, 0.3) is 0 Å². The molecule has 0 saturated heterocycles. The molecule has 1 aliphatic carbocycles. The van der Waals surface area contributed by atoms with Gasteiger partial charge >= 0.3 is 0 Å². The van der Waals surface area contributed by atoms with Gasteiger partial charge < -0.3 is 5.32 Å². The zero-order valence-corrected chi connectivity index (χ0v) is 11.2. The van der Waals surface area contributed by atoms with Crippen LogP contribution in [0.3, 0.4) is 0 Å². The summed E-state index contributed by atoms with van der Waals surface area (Å²) < 4.78 is 26.6. The molecule has 1 saturated carbocycles. The van der Waals surface area contributed by atoms with Crippen LogP contribution in [0.1, 0.15) is 39.0 Å². The van der Waals surface area contributed by atoms with Gasteiger partial charge in [0.05, 0.1) is 10.7 Å². The first kappa shape index (κ1) is 13.6.